The number of hydrogen-bond acceptors (Lipinski definition) is 4. The van der Waals surface area contributed by atoms with Gasteiger partial charge in [-0.05, 0) is 78.6 Å². The number of carboxylic acids is 1. The van der Waals surface area contributed by atoms with Crippen molar-refractivity contribution in [2.24, 2.45) is 11.8 Å². The van der Waals surface area contributed by atoms with Gasteiger partial charge in [0.1, 0.15) is 11.6 Å². The molecule has 8 nitrogen and oxygen atoms in total. The first kappa shape index (κ1) is 33.2. The maximum atomic E-state index is 15.2. The Morgan fingerprint density at radius 1 is 0.930 bits per heavy atom. The number of aryl methyl sites for hydroxylation is 2. The summed E-state index contributed by atoms with van der Waals surface area (Å²) in [6.07, 6.45) is 0.983. The van der Waals surface area contributed by atoms with E-state index in [0.29, 0.717) is 17.7 Å². The molecular formula is C33H39F2N3O5. The predicted molar refractivity (Wildman–Crippen MR) is 161 cm³/mol. The van der Waals surface area contributed by atoms with E-state index in [2.05, 4.69) is 10.6 Å². The highest BCUT2D eigenvalue weighted by molar-refractivity contribution is 5.97. The molecule has 2 aromatic carbocycles. The number of benzene rings is 2. The van der Waals surface area contributed by atoms with Crippen LogP contribution in [-0.4, -0.2) is 33.5 Å². The van der Waals surface area contributed by atoms with Crippen molar-refractivity contribution in [3.8, 4) is 11.1 Å². The lowest BCUT2D eigenvalue weighted by atomic mass is 9.92. The minimum Gasteiger partial charge on any atom is -0.481 e. The number of halogens is 2. The lowest BCUT2D eigenvalue weighted by molar-refractivity contribution is -0.137. The van der Waals surface area contributed by atoms with Gasteiger partial charge in [-0.1, -0.05) is 45.9 Å². The van der Waals surface area contributed by atoms with Crippen molar-refractivity contribution >= 4 is 17.8 Å². The van der Waals surface area contributed by atoms with Crippen LogP contribution in [0.5, 0.6) is 0 Å². The van der Waals surface area contributed by atoms with Crippen LogP contribution in [0.25, 0.3) is 11.1 Å². The second-order valence-electron chi connectivity index (χ2n) is 11.7. The SMILES string of the molecule is Cc1cccc(C)c1-c1cc(F)c(F)c([C@H](CC(=O)O)NC(=O)[C@H](CC(C)C)NC(=O)c2cccn(CC(C)C)c2=O)c1. The molecule has 0 bridgehead atoms. The van der Waals surface area contributed by atoms with E-state index in [1.54, 1.807) is 12.3 Å². The monoisotopic (exact) mass is 595 g/mol. The highest BCUT2D eigenvalue weighted by Crippen LogP contribution is 2.33. The van der Waals surface area contributed by atoms with Crippen LogP contribution in [0.3, 0.4) is 0 Å². The molecule has 3 rings (SSSR count). The zero-order valence-electron chi connectivity index (χ0n) is 25.3. The normalized spacial score (nSPS) is 12.7. The number of amides is 2. The summed E-state index contributed by atoms with van der Waals surface area (Å²) < 4.78 is 31.6. The number of carbonyl (C=O) groups excluding carboxylic acids is 2. The van der Waals surface area contributed by atoms with Gasteiger partial charge in [-0.2, -0.15) is 0 Å². The van der Waals surface area contributed by atoms with Crippen LogP contribution >= 0.6 is 0 Å². The lowest BCUT2D eigenvalue weighted by Gasteiger charge is -2.25. The second kappa shape index (κ2) is 14.2. The molecule has 2 atom stereocenters. The summed E-state index contributed by atoms with van der Waals surface area (Å²) in [6.45, 7) is 11.6. The minimum atomic E-state index is -1.45. The first-order chi connectivity index (χ1) is 20.2. The van der Waals surface area contributed by atoms with Gasteiger partial charge in [0.05, 0.1) is 12.5 Å². The molecule has 10 heteroatoms. The van der Waals surface area contributed by atoms with Gasteiger partial charge < -0.3 is 20.3 Å². The predicted octanol–water partition coefficient (Wildman–Crippen LogP) is 5.54. The molecule has 1 heterocycles. The third-order valence-corrected chi connectivity index (χ3v) is 7.05. The second-order valence-corrected chi connectivity index (χ2v) is 11.7. The number of carbonyl (C=O) groups is 3. The van der Waals surface area contributed by atoms with Gasteiger partial charge in [0.2, 0.25) is 5.91 Å². The topological polar surface area (TPSA) is 118 Å². The Labute approximate surface area is 250 Å². The van der Waals surface area contributed by atoms with Crippen molar-refractivity contribution in [2.45, 2.75) is 73.0 Å². The highest BCUT2D eigenvalue weighted by Gasteiger charge is 2.30. The van der Waals surface area contributed by atoms with Gasteiger partial charge in [-0.25, -0.2) is 8.78 Å². The molecule has 0 saturated carbocycles. The number of pyridine rings is 1. The van der Waals surface area contributed by atoms with Gasteiger partial charge in [-0.3, -0.25) is 19.2 Å². The average Bonchev–Trinajstić information content (AvgIpc) is 2.90. The maximum absolute atomic E-state index is 15.2. The van der Waals surface area contributed by atoms with Crippen LogP contribution in [0.4, 0.5) is 8.78 Å². The van der Waals surface area contributed by atoms with Crippen molar-refractivity contribution in [2.75, 3.05) is 0 Å². The summed E-state index contributed by atoms with van der Waals surface area (Å²) >= 11 is 0. The number of rotatable bonds is 12. The molecule has 0 fully saturated rings. The highest BCUT2D eigenvalue weighted by atomic mass is 19.2. The number of aliphatic carboxylic acids is 1. The fourth-order valence-corrected chi connectivity index (χ4v) is 5.15. The maximum Gasteiger partial charge on any atom is 0.305 e. The van der Waals surface area contributed by atoms with Gasteiger partial charge in [0.25, 0.3) is 11.5 Å². The van der Waals surface area contributed by atoms with Gasteiger partial charge in [-0.15, -0.1) is 0 Å². The Morgan fingerprint density at radius 3 is 2.16 bits per heavy atom. The Kier molecular flexibility index (Phi) is 11.0. The largest absolute Gasteiger partial charge is 0.481 e. The summed E-state index contributed by atoms with van der Waals surface area (Å²) in [5.41, 5.74) is 1.63. The van der Waals surface area contributed by atoms with Gasteiger partial charge >= 0.3 is 5.97 Å². The summed E-state index contributed by atoms with van der Waals surface area (Å²) in [5.74, 6) is -5.31. The number of nitrogens with zero attached hydrogens (tertiary/aromatic N) is 1. The molecule has 0 radical (unpaired) electrons. The van der Waals surface area contributed by atoms with E-state index in [0.717, 1.165) is 17.2 Å². The summed E-state index contributed by atoms with van der Waals surface area (Å²) in [7, 11) is 0. The van der Waals surface area contributed by atoms with Crippen molar-refractivity contribution in [1.29, 1.82) is 0 Å². The van der Waals surface area contributed by atoms with Crippen LogP contribution < -0.4 is 16.2 Å². The molecule has 0 saturated heterocycles. The molecule has 0 unspecified atom stereocenters. The number of aromatic nitrogens is 1. The third-order valence-electron chi connectivity index (χ3n) is 7.05. The first-order valence-electron chi connectivity index (χ1n) is 14.3. The van der Waals surface area contributed by atoms with Crippen molar-refractivity contribution in [3.63, 3.8) is 0 Å². The average molecular weight is 596 g/mol. The molecule has 3 aromatic rings. The Morgan fingerprint density at radius 2 is 1.58 bits per heavy atom. The molecule has 0 aliphatic rings. The molecule has 2 amide bonds. The van der Waals surface area contributed by atoms with E-state index >= 15 is 4.39 Å². The molecule has 0 aliphatic heterocycles. The smallest absolute Gasteiger partial charge is 0.305 e. The van der Waals surface area contributed by atoms with Gasteiger partial charge in [0.15, 0.2) is 11.6 Å². The Bertz CT molecular complexity index is 1540. The van der Waals surface area contributed by atoms with E-state index in [4.69, 9.17) is 0 Å². The molecule has 0 aliphatic carbocycles. The molecule has 230 valence electrons. The zero-order chi connectivity index (χ0) is 32.0. The number of nitrogens with one attached hydrogen (secondary N) is 2. The third kappa shape index (κ3) is 8.37. The van der Waals surface area contributed by atoms with Crippen molar-refractivity contribution in [3.05, 3.63) is 92.9 Å². The summed E-state index contributed by atoms with van der Waals surface area (Å²) in [6, 6.07) is 8.17. The summed E-state index contributed by atoms with van der Waals surface area (Å²) in [4.78, 5) is 51.5. The standard InChI is InChI=1S/C33H39F2N3O5/c1-18(2)13-27(37-31(41)23-11-8-12-38(33(23)43)17-19(3)4)32(42)36-26(16-28(39)40)24-14-22(15-25(34)30(24)35)29-20(5)9-7-10-21(29)6/h7-12,14-15,18-19,26-27H,13,16-17H2,1-6H3,(H,36,42)(H,37,41)(H,39,40)/t26-,27-/m0/s1. The molecule has 1 aromatic heterocycles. The quantitative estimate of drug-likeness (QED) is 0.254. The zero-order valence-corrected chi connectivity index (χ0v) is 25.3. The van der Waals surface area contributed by atoms with E-state index in [1.807, 2.05) is 59.7 Å². The van der Waals surface area contributed by atoms with Crippen LogP contribution in [0.2, 0.25) is 0 Å². The number of hydrogen-bond donors (Lipinski definition) is 3. The van der Waals surface area contributed by atoms with E-state index in [1.165, 1.54) is 16.7 Å². The molecule has 3 N–H and O–H groups in total. The molecular weight excluding hydrogens is 556 g/mol. The van der Waals surface area contributed by atoms with Crippen molar-refractivity contribution in [1.82, 2.24) is 15.2 Å². The molecule has 0 spiro atoms. The van der Waals surface area contributed by atoms with Crippen LogP contribution in [-0.2, 0) is 16.1 Å². The Balaban J connectivity index is 1.98. The summed E-state index contributed by atoms with van der Waals surface area (Å²) in [5, 5.41) is 14.7. The molecule has 43 heavy (non-hydrogen) atoms. The fourth-order valence-electron chi connectivity index (χ4n) is 5.15. The van der Waals surface area contributed by atoms with Crippen LogP contribution in [0.1, 0.15) is 73.6 Å². The fraction of sp³-hybridized carbons (Fsp3) is 0.394. The lowest BCUT2D eigenvalue weighted by Crippen LogP contribution is -2.49. The minimum absolute atomic E-state index is 0.0936. The van der Waals surface area contributed by atoms with Crippen LogP contribution in [0, 0.1) is 37.3 Å². The first-order valence-corrected chi connectivity index (χ1v) is 14.3. The number of carboxylic acid groups (broad SMARTS) is 1. The van der Waals surface area contributed by atoms with E-state index < -0.39 is 53.5 Å². The van der Waals surface area contributed by atoms with Crippen LogP contribution in [0.15, 0.2) is 53.5 Å². The Hall–Kier alpha value is -4.34. The van der Waals surface area contributed by atoms with Gasteiger partial charge in [0, 0.05) is 18.3 Å². The van der Waals surface area contributed by atoms with Crippen molar-refractivity contribution < 1.29 is 28.3 Å². The van der Waals surface area contributed by atoms with E-state index in [-0.39, 0.29) is 29.4 Å². The van der Waals surface area contributed by atoms with E-state index in [9.17, 15) is 28.7 Å².